The second-order valence-corrected chi connectivity index (χ2v) is 7.36. The predicted molar refractivity (Wildman–Crippen MR) is 113 cm³/mol. The number of benzene rings is 1. The van der Waals surface area contributed by atoms with Crippen LogP contribution in [0.4, 0.5) is 0 Å². The summed E-state index contributed by atoms with van der Waals surface area (Å²) in [7, 11) is 0. The maximum Gasteiger partial charge on any atom is 0.265 e. The van der Waals surface area contributed by atoms with Crippen molar-refractivity contribution in [2.24, 2.45) is 0 Å². The lowest BCUT2D eigenvalue weighted by Gasteiger charge is -2.10. The Labute approximate surface area is 172 Å². The van der Waals surface area contributed by atoms with Crippen molar-refractivity contribution >= 4 is 28.6 Å². The van der Waals surface area contributed by atoms with Crippen molar-refractivity contribution in [2.45, 2.75) is 26.3 Å². The number of amides is 1. The van der Waals surface area contributed by atoms with Crippen LogP contribution in [0.5, 0.6) is 0 Å². The first-order valence-electron chi connectivity index (χ1n) is 9.49. The SMILES string of the molecule is Cc1cccc(-c2nn3c(c2-c2ccnc4ccc(C(=O)NCl)cc24)CCC3)n1. The van der Waals surface area contributed by atoms with Crippen molar-refractivity contribution in [1.29, 1.82) is 0 Å². The molecule has 0 spiro atoms. The number of hydrogen-bond donors (Lipinski definition) is 1. The van der Waals surface area contributed by atoms with Gasteiger partial charge in [0, 0.05) is 52.4 Å². The Morgan fingerprint density at radius 3 is 2.93 bits per heavy atom. The van der Waals surface area contributed by atoms with E-state index in [1.165, 1.54) is 5.69 Å². The van der Waals surface area contributed by atoms with Crippen LogP contribution in [0, 0.1) is 6.92 Å². The summed E-state index contributed by atoms with van der Waals surface area (Å²) in [5, 5.41) is 5.78. The highest BCUT2D eigenvalue weighted by Gasteiger charge is 2.26. The van der Waals surface area contributed by atoms with E-state index in [2.05, 4.69) is 14.5 Å². The van der Waals surface area contributed by atoms with Crippen molar-refractivity contribution in [3.8, 4) is 22.5 Å². The highest BCUT2D eigenvalue weighted by atomic mass is 35.5. The van der Waals surface area contributed by atoms with Gasteiger partial charge in [-0.3, -0.25) is 24.3 Å². The minimum atomic E-state index is -0.343. The first-order valence-corrected chi connectivity index (χ1v) is 9.87. The molecule has 0 fully saturated rings. The van der Waals surface area contributed by atoms with Crippen LogP contribution < -0.4 is 4.84 Å². The minimum Gasteiger partial charge on any atom is -0.268 e. The van der Waals surface area contributed by atoms with Gasteiger partial charge >= 0.3 is 0 Å². The topological polar surface area (TPSA) is 72.7 Å². The summed E-state index contributed by atoms with van der Waals surface area (Å²) < 4.78 is 2.08. The summed E-state index contributed by atoms with van der Waals surface area (Å²) in [5.74, 6) is -0.343. The zero-order valence-electron chi connectivity index (χ0n) is 15.8. The summed E-state index contributed by atoms with van der Waals surface area (Å²) in [5.41, 5.74) is 7.22. The second kappa shape index (κ2) is 6.97. The molecule has 5 rings (SSSR count). The average molecular weight is 404 g/mol. The first-order chi connectivity index (χ1) is 14.2. The molecule has 144 valence electrons. The normalized spacial score (nSPS) is 12.9. The molecule has 0 unspecified atom stereocenters. The van der Waals surface area contributed by atoms with Gasteiger partial charge in [0.05, 0.1) is 11.2 Å². The molecule has 4 aromatic rings. The Morgan fingerprint density at radius 2 is 2.10 bits per heavy atom. The Morgan fingerprint density at radius 1 is 1.21 bits per heavy atom. The summed E-state index contributed by atoms with van der Waals surface area (Å²) >= 11 is 5.54. The van der Waals surface area contributed by atoms with Gasteiger partial charge in [0.15, 0.2) is 0 Å². The van der Waals surface area contributed by atoms with Crippen LogP contribution >= 0.6 is 11.8 Å². The molecule has 7 heteroatoms. The number of hydrogen-bond acceptors (Lipinski definition) is 4. The third-order valence-electron chi connectivity index (χ3n) is 5.33. The number of carbonyl (C=O) groups excluding carboxylic acids is 1. The molecule has 1 N–H and O–H groups in total. The quantitative estimate of drug-likeness (QED) is 0.517. The monoisotopic (exact) mass is 403 g/mol. The molecule has 0 atom stereocenters. The van der Waals surface area contributed by atoms with Crippen LogP contribution in [0.2, 0.25) is 0 Å². The zero-order valence-corrected chi connectivity index (χ0v) is 16.6. The molecule has 0 aliphatic carbocycles. The molecular weight excluding hydrogens is 386 g/mol. The Balaban J connectivity index is 1.80. The third-order valence-corrected chi connectivity index (χ3v) is 5.50. The molecule has 1 aliphatic rings. The number of rotatable bonds is 3. The highest BCUT2D eigenvalue weighted by molar-refractivity contribution is 6.24. The first kappa shape index (κ1) is 17.8. The molecule has 0 saturated carbocycles. The standard InChI is InChI=1S/C22H18ClN5O/c1-13-4-2-5-18(25-13)21-20(19-6-3-11-28(19)27-21)15-9-10-24-17-8-7-14(12-16(15)17)22(29)26-23/h2,4-5,7-10,12H,3,6,11H2,1H3,(H,26,29). The van der Waals surface area contributed by atoms with Crippen LogP contribution in [0.3, 0.4) is 0 Å². The molecule has 4 heterocycles. The summed E-state index contributed by atoms with van der Waals surface area (Å²) in [6.07, 6.45) is 3.82. The number of nitrogens with one attached hydrogen (secondary N) is 1. The number of carbonyl (C=O) groups is 1. The molecule has 3 aromatic heterocycles. The summed E-state index contributed by atoms with van der Waals surface area (Å²) in [6.45, 7) is 2.88. The van der Waals surface area contributed by atoms with Crippen molar-refractivity contribution < 1.29 is 4.79 Å². The maximum absolute atomic E-state index is 12.1. The van der Waals surface area contributed by atoms with Gasteiger partial charge in [-0.25, -0.2) is 0 Å². The molecule has 1 aliphatic heterocycles. The fraction of sp³-hybridized carbons (Fsp3) is 0.182. The van der Waals surface area contributed by atoms with E-state index in [9.17, 15) is 4.79 Å². The molecule has 1 aromatic carbocycles. The van der Waals surface area contributed by atoms with E-state index in [0.717, 1.165) is 58.5 Å². The van der Waals surface area contributed by atoms with Gasteiger partial charge in [0.2, 0.25) is 0 Å². The van der Waals surface area contributed by atoms with E-state index in [1.807, 2.05) is 43.3 Å². The van der Waals surface area contributed by atoms with Crippen LogP contribution in [0.1, 0.15) is 28.2 Å². The van der Waals surface area contributed by atoms with E-state index in [-0.39, 0.29) is 5.91 Å². The lowest BCUT2D eigenvalue weighted by atomic mass is 9.95. The minimum absolute atomic E-state index is 0.343. The number of nitrogens with zero attached hydrogens (tertiary/aromatic N) is 4. The predicted octanol–water partition coefficient (Wildman–Crippen LogP) is 4.30. The third kappa shape index (κ3) is 2.96. The number of pyridine rings is 2. The lowest BCUT2D eigenvalue weighted by Crippen LogP contribution is -2.12. The van der Waals surface area contributed by atoms with Gasteiger partial charge in [-0.05, 0) is 61.7 Å². The second-order valence-electron chi connectivity index (χ2n) is 7.18. The van der Waals surface area contributed by atoms with Gasteiger partial charge < -0.3 is 0 Å². The van der Waals surface area contributed by atoms with E-state index in [0.29, 0.717) is 5.56 Å². The fourth-order valence-electron chi connectivity index (χ4n) is 4.03. The fourth-order valence-corrected chi connectivity index (χ4v) is 4.14. The molecule has 0 bridgehead atoms. The lowest BCUT2D eigenvalue weighted by molar-refractivity contribution is 0.0982. The van der Waals surface area contributed by atoms with Crippen molar-refractivity contribution in [3.63, 3.8) is 0 Å². The van der Waals surface area contributed by atoms with Gasteiger partial charge in [-0.15, -0.1) is 0 Å². The number of fused-ring (bicyclic) bond motifs is 2. The van der Waals surface area contributed by atoms with Gasteiger partial charge in [-0.2, -0.15) is 5.10 Å². The zero-order chi connectivity index (χ0) is 20.0. The van der Waals surface area contributed by atoms with Crippen molar-refractivity contribution in [1.82, 2.24) is 24.6 Å². The maximum atomic E-state index is 12.1. The van der Waals surface area contributed by atoms with Crippen LogP contribution in [-0.4, -0.2) is 25.7 Å². The van der Waals surface area contributed by atoms with E-state index in [4.69, 9.17) is 21.9 Å². The van der Waals surface area contributed by atoms with Gasteiger partial charge in [-0.1, -0.05) is 6.07 Å². The van der Waals surface area contributed by atoms with Crippen LogP contribution in [0.15, 0.2) is 48.7 Å². The number of aromatic nitrogens is 4. The van der Waals surface area contributed by atoms with E-state index in [1.54, 1.807) is 12.3 Å². The molecule has 0 saturated heterocycles. The van der Waals surface area contributed by atoms with E-state index >= 15 is 0 Å². The van der Waals surface area contributed by atoms with Gasteiger partial charge in [0.1, 0.15) is 5.69 Å². The molecule has 6 nitrogen and oxygen atoms in total. The molecule has 29 heavy (non-hydrogen) atoms. The number of halogens is 1. The summed E-state index contributed by atoms with van der Waals surface area (Å²) in [4.78, 5) is 23.4. The van der Waals surface area contributed by atoms with Gasteiger partial charge in [0.25, 0.3) is 5.91 Å². The Bertz CT molecular complexity index is 1260. The largest absolute Gasteiger partial charge is 0.268 e. The average Bonchev–Trinajstić information content (AvgIpc) is 3.34. The van der Waals surface area contributed by atoms with Crippen molar-refractivity contribution in [3.05, 3.63) is 65.6 Å². The Hall–Kier alpha value is -3.25. The van der Waals surface area contributed by atoms with E-state index < -0.39 is 0 Å². The van der Waals surface area contributed by atoms with Crippen LogP contribution in [-0.2, 0) is 13.0 Å². The number of aryl methyl sites for hydroxylation is 2. The Kier molecular flexibility index (Phi) is 4.28. The smallest absolute Gasteiger partial charge is 0.265 e. The molecule has 0 radical (unpaired) electrons. The highest BCUT2D eigenvalue weighted by Crippen LogP contribution is 2.39. The molecular formula is C22H18ClN5O. The molecule has 1 amide bonds. The van der Waals surface area contributed by atoms with Crippen LogP contribution in [0.25, 0.3) is 33.4 Å². The summed E-state index contributed by atoms with van der Waals surface area (Å²) in [6, 6.07) is 13.4. The van der Waals surface area contributed by atoms with Crippen molar-refractivity contribution in [2.75, 3.05) is 0 Å².